The third-order valence-electron chi connectivity index (χ3n) is 5.70. The first kappa shape index (κ1) is 17.9. The van der Waals surface area contributed by atoms with Crippen LogP contribution in [-0.2, 0) is 11.3 Å². The van der Waals surface area contributed by atoms with Gasteiger partial charge in [-0.15, -0.1) is 0 Å². The quantitative estimate of drug-likeness (QED) is 0.881. The zero-order chi connectivity index (χ0) is 17.7. The van der Waals surface area contributed by atoms with E-state index in [1.54, 1.807) is 12.7 Å². The van der Waals surface area contributed by atoms with Gasteiger partial charge >= 0.3 is 0 Å². The summed E-state index contributed by atoms with van der Waals surface area (Å²) in [6.45, 7) is 3.62. The molecule has 1 N–H and O–H groups in total. The van der Waals surface area contributed by atoms with Crippen molar-refractivity contribution in [3.63, 3.8) is 0 Å². The zero-order valence-corrected chi connectivity index (χ0v) is 15.0. The van der Waals surface area contributed by atoms with E-state index in [-0.39, 0.29) is 18.0 Å². The van der Waals surface area contributed by atoms with Crippen LogP contribution in [0.4, 0.5) is 0 Å². The summed E-state index contributed by atoms with van der Waals surface area (Å²) in [6, 6.07) is 2.42. The number of carbonyl (C=O) groups excluding carboxylic acids is 1. The number of carbonyl (C=O) groups is 1. The number of likely N-dealkylation sites (tertiary alicyclic amines) is 1. The standard InChI is InChI=1S/C18H28N6O/c1-15(17(25)22-18(12-19)8-4-2-5-9-18)24-10-6-3-7-16(24)11-23-14-20-13-21-23/h13-16H,2-11H2,1H3,(H,22,25)/t15-,16+/m0/s1. The van der Waals surface area contributed by atoms with Crippen LogP contribution in [0.1, 0.15) is 58.3 Å². The third-order valence-corrected chi connectivity index (χ3v) is 5.70. The maximum Gasteiger partial charge on any atom is 0.238 e. The summed E-state index contributed by atoms with van der Waals surface area (Å²) >= 11 is 0. The largest absolute Gasteiger partial charge is 0.336 e. The molecule has 0 unspecified atom stereocenters. The Labute approximate surface area is 149 Å². The molecule has 1 aromatic rings. The average Bonchev–Trinajstić information content (AvgIpc) is 3.15. The number of aromatic nitrogens is 3. The second kappa shape index (κ2) is 7.96. The van der Waals surface area contributed by atoms with Crippen molar-refractivity contribution in [1.82, 2.24) is 25.0 Å². The van der Waals surface area contributed by atoms with E-state index in [2.05, 4.69) is 26.4 Å². The molecule has 1 saturated carbocycles. The molecule has 3 rings (SSSR count). The van der Waals surface area contributed by atoms with Crippen LogP contribution >= 0.6 is 0 Å². The number of nitrogens with zero attached hydrogens (tertiary/aromatic N) is 5. The number of nitriles is 1. The fraction of sp³-hybridized carbons (Fsp3) is 0.778. The smallest absolute Gasteiger partial charge is 0.238 e. The molecule has 2 fully saturated rings. The fourth-order valence-corrected chi connectivity index (χ4v) is 4.18. The lowest BCUT2D eigenvalue weighted by Crippen LogP contribution is -2.58. The van der Waals surface area contributed by atoms with E-state index in [4.69, 9.17) is 0 Å². The summed E-state index contributed by atoms with van der Waals surface area (Å²) < 4.78 is 1.84. The second-order valence-electron chi connectivity index (χ2n) is 7.42. The summed E-state index contributed by atoms with van der Waals surface area (Å²) in [5, 5.41) is 16.9. The molecule has 7 heteroatoms. The molecule has 136 valence electrons. The first-order chi connectivity index (χ1) is 12.1. The molecule has 0 aromatic carbocycles. The van der Waals surface area contributed by atoms with E-state index in [9.17, 15) is 10.1 Å². The lowest BCUT2D eigenvalue weighted by molar-refractivity contribution is -0.129. The molecule has 1 aliphatic carbocycles. The minimum Gasteiger partial charge on any atom is -0.336 e. The van der Waals surface area contributed by atoms with Crippen LogP contribution in [0.2, 0.25) is 0 Å². The normalized spacial score (nSPS) is 25.0. The Balaban J connectivity index is 1.65. The van der Waals surface area contributed by atoms with Crippen LogP contribution in [0.25, 0.3) is 0 Å². The van der Waals surface area contributed by atoms with E-state index in [1.807, 2.05) is 11.6 Å². The molecule has 1 aromatic heterocycles. The fourth-order valence-electron chi connectivity index (χ4n) is 4.18. The minimum atomic E-state index is -0.666. The molecular weight excluding hydrogens is 316 g/mol. The van der Waals surface area contributed by atoms with E-state index in [0.717, 1.165) is 58.0 Å². The van der Waals surface area contributed by atoms with Crippen LogP contribution in [0.3, 0.4) is 0 Å². The van der Waals surface area contributed by atoms with Crippen molar-refractivity contribution in [1.29, 1.82) is 5.26 Å². The number of nitrogens with one attached hydrogen (secondary N) is 1. The van der Waals surface area contributed by atoms with Gasteiger partial charge in [0.05, 0.1) is 18.7 Å². The number of hydrogen-bond donors (Lipinski definition) is 1. The van der Waals surface area contributed by atoms with Crippen molar-refractivity contribution in [2.45, 2.75) is 82.5 Å². The molecule has 25 heavy (non-hydrogen) atoms. The summed E-state index contributed by atoms with van der Waals surface area (Å²) in [5.74, 6) is -0.0195. The zero-order valence-electron chi connectivity index (χ0n) is 15.0. The minimum absolute atomic E-state index is 0.0195. The average molecular weight is 344 g/mol. The summed E-state index contributed by atoms with van der Waals surface area (Å²) in [7, 11) is 0. The number of amides is 1. The Morgan fingerprint density at radius 1 is 1.36 bits per heavy atom. The van der Waals surface area contributed by atoms with Crippen molar-refractivity contribution in [2.24, 2.45) is 0 Å². The van der Waals surface area contributed by atoms with Crippen molar-refractivity contribution < 1.29 is 4.79 Å². The molecule has 1 amide bonds. The second-order valence-corrected chi connectivity index (χ2v) is 7.42. The lowest BCUT2D eigenvalue weighted by atomic mass is 9.82. The molecule has 7 nitrogen and oxygen atoms in total. The van der Waals surface area contributed by atoms with Gasteiger partial charge in [-0.25, -0.2) is 4.98 Å². The van der Waals surface area contributed by atoms with Gasteiger partial charge in [0.1, 0.15) is 18.2 Å². The first-order valence-electron chi connectivity index (χ1n) is 9.45. The Morgan fingerprint density at radius 2 is 2.16 bits per heavy atom. The molecule has 1 aliphatic heterocycles. The Kier molecular flexibility index (Phi) is 5.69. The highest BCUT2D eigenvalue weighted by Gasteiger charge is 2.37. The predicted octanol–water partition coefficient (Wildman–Crippen LogP) is 1.86. The topological polar surface area (TPSA) is 86.8 Å². The van der Waals surface area contributed by atoms with Gasteiger partial charge in [-0.1, -0.05) is 25.7 Å². The molecule has 1 saturated heterocycles. The SMILES string of the molecule is C[C@@H](C(=O)NC1(C#N)CCCCC1)N1CCCC[C@@H]1Cn1cncn1. The van der Waals surface area contributed by atoms with Crippen LogP contribution in [-0.4, -0.2) is 49.7 Å². The Bertz CT molecular complexity index is 602. The van der Waals surface area contributed by atoms with E-state index < -0.39 is 5.54 Å². The summed E-state index contributed by atoms with van der Waals surface area (Å²) in [6.07, 6.45) is 11.3. The van der Waals surface area contributed by atoms with Crippen molar-refractivity contribution in [2.75, 3.05) is 6.54 Å². The maximum atomic E-state index is 12.9. The highest BCUT2D eigenvalue weighted by atomic mass is 16.2. The first-order valence-corrected chi connectivity index (χ1v) is 9.45. The van der Waals surface area contributed by atoms with Crippen LogP contribution < -0.4 is 5.32 Å². The monoisotopic (exact) mass is 344 g/mol. The van der Waals surface area contributed by atoms with Crippen molar-refractivity contribution in [3.05, 3.63) is 12.7 Å². The highest BCUT2D eigenvalue weighted by Crippen LogP contribution is 2.28. The van der Waals surface area contributed by atoms with Crippen molar-refractivity contribution >= 4 is 5.91 Å². The molecule has 2 aliphatic rings. The molecular formula is C18H28N6O. The van der Waals surface area contributed by atoms with Crippen LogP contribution in [0, 0.1) is 11.3 Å². The van der Waals surface area contributed by atoms with Crippen LogP contribution in [0.15, 0.2) is 12.7 Å². The van der Waals surface area contributed by atoms with Gasteiger partial charge in [0, 0.05) is 6.04 Å². The van der Waals surface area contributed by atoms with Gasteiger partial charge in [-0.05, 0) is 39.2 Å². The van der Waals surface area contributed by atoms with E-state index in [1.165, 1.54) is 6.42 Å². The molecule has 2 heterocycles. The molecule has 0 bridgehead atoms. The highest BCUT2D eigenvalue weighted by molar-refractivity contribution is 5.82. The molecule has 2 atom stereocenters. The maximum absolute atomic E-state index is 12.9. The van der Waals surface area contributed by atoms with Crippen molar-refractivity contribution in [3.8, 4) is 6.07 Å². The summed E-state index contributed by atoms with van der Waals surface area (Å²) in [5.41, 5.74) is -0.666. The van der Waals surface area contributed by atoms with Gasteiger partial charge in [0.15, 0.2) is 0 Å². The molecule has 0 spiro atoms. The van der Waals surface area contributed by atoms with Gasteiger partial charge in [0.2, 0.25) is 5.91 Å². The van der Waals surface area contributed by atoms with Crippen LogP contribution in [0.5, 0.6) is 0 Å². The molecule has 0 radical (unpaired) electrons. The Hall–Kier alpha value is -1.94. The number of rotatable bonds is 5. The van der Waals surface area contributed by atoms with E-state index >= 15 is 0 Å². The van der Waals surface area contributed by atoms with E-state index in [0.29, 0.717) is 0 Å². The van der Waals surface area contributed by atoms with Gasteiger partial charge in [0.25, 0.3) is 0 Å². The Morgan fingerprint density at radius 3 is 2.84 bits per heavy atom. The predicted molar refractivity (Wildman–Crippen MR) is 93.4 cm³/mol. The summed E-state index contributed by atoms with van der Waals surface area (Å²) in [4.78, 5) is 19.2. The third kappa shape index (κ3) is 4.18. The lowest BCUT2D eigenvalue weighted by Gasteiger charge is -2.40. The number of piperidine rings is 1. The van der Waals surface area contributed by atoms with Gasteiger partial charge in [-0.3, -0.25) is 14.4 Å². The van der Waals surface area contributed by atoms with Gasteiger partial charge < -0.3 is 5.32 Å². The van der Waals surface area contributed by atoms with Gasteiger partial charge in [-0.2, -0.15) is 10.4 Å². The number of hydrogen-bond acceptors (Lipinski definition) is 5.